The first kappa shape index (κ1) is 8.70. The number of rotatable bonds is 2. The van der Waals surface area contributed by atoms with Gasteiger partial charge < -0.3 is 0 Å². The van der Waals surface area contributed by atoms with Crippen molar-refractivity contribution in [2.45, 2.75) is 0 Å². The molecule has 0 aromatic heterocycles. The van der Waals surface area contributed by atoms with E-state index in [1.165, 1.54) is 0 Å². The van der Waals surface area contributed by atoms with Crippen molar-refractivity contribution in [3.63, 3.8) is 0 Å². The van der Waals surface area contributed by atoms with Crippen LogP contribution in [0, 0.1) is 6.07 Å². The van der Waals surface area contributed by atoms with E-state index in [0.29, 0.717) is 5.56 Å². The van der Waals surface area contributed by atoms with Gasteiger partial charge in [-0.05, 0) is 23.3 Å². The van der Waals surface area contributed by atoms with Crippen molar-refractivity contribution in [2.24, 2.45) is 0 Å². The van der Waals surface area contributed by atoms with Crippen LogP contribution in [0.1, 0.15) is 10.4 Å². The van der Waals surface area contributed by atoms with Gasteiger partial charge in [0.25, 0.3) is 0 Å². The van der Waals surface area contributed by atoms with Gasteiger partial charge in [0.2, 0.25) is 0 Å². The highest BCUT2D eigenvalue weighted by molar-refractivity contribution is 5.78. The first-order valence-electron chi connectivity index (χ1n) is 4.42. The minimum absolute atomic E-state index is 0.694. The van der Waals surface area contributed by atoms with Crippen LogP contribution in [0.25, 0.3) is 11.1 Å². The predicted molar refractivity (Wildman–Crippen MR) is 56.1 cm³/mol. The zero-order valence-corrected chi connectivity index (χ0v) is 7.60. The molecule has 0 unspecified atom stereocenters. The smallest absolute Gasteiger partial charge is 0.150 e. The molecule has 0 spiro atoms. The lowest BCUT2D eigenvalue weighted by Gasteiger charge is -2.00. The Kier molecular flexibility index (Phi) is 2.41. The lowest BCUT2D eigenvalue weighted by atomic mass is 10.0. The van der Waals surface area contributed by atoms with Crippen LogP contribution in [0.3, 0.4) is 0 Å². The van der Waals surface area contributed by atoms with Crippen molar-refractivity contribution < 1.29 is 4.79 Å². The minimum atomic E-state index is 0.694. The number of hydrogen-bond donors (Lipinski definition) is 0. The van der Waals surface area contributed by atoms with Crippen molar-refractivity contribution in [3.05, 3.63) is 60.2 Å². The van der Waals surface area contributed by atoms with E-state index in [-0.39, 0.29) is 0 Å². The highest BCUT2D eigenvalue weighted by Crippen LogP contribution is 2.18. The van der Waals surface area contributed by atoms with Gasteiger partial charge >= 0.3 is 0 Å². The van der Waals surface area contributed by atoms with Crippen LogP contribution >= 0.6 is 0 Å². The van der Waals surface area contributed by atoms with Crippen LogP contribution in [0.2, 0.25) is 0 Å². The van der Waals surface area contributed by atoms with E-state index in [4.69, 9.17) is 0 Å². The van der Waals surface area contributed by atoms with E-state index < -0.39 is 0 Å². The Bertz CT molecular complexity index is 432. The summed E-state index contributed by atoms with van der Waals surface area (Å²) in [6, 6.07) is 18.3. The molecule has 0 heterocycles. The van der Waals surface area contributed by atoms with Crippen LogP contribution < -0.4 is 0 Å². The van der Waals surface area contributed by atoms with Gasteiger partial charge in [0.15, 0.2) is 0 Å². The molecule has 1 heteroatoms. The summed E-state index contributed by atoms with van der Waals surface area (Å²) in [7, 11) is 0. The summed E-state index contributed by atoms with van der Waals surface area (Å²) in [4.78, 5) is 10.6. The molecule has 0 fully saturated rings. The summed E-state index contributed by atoms with van der Waals surface area (Å²) in [6.07, 6.45) is 0.854. The average molecular weight is 181 g/mol. The van der Waals surface area contributed by atoms with E-state index in [9.17, 15) is 4.79 Å². The van der Waals surface area contributed by atoms with Gasteiger partial charge in [0.05, 0.1) is 0 Å². The Hall–Kier alpha value is -1.89. The lowest BCUT2D eigenvalue weighted by molar-refractivity contribution is 0.112. The number of benzene rings is 2. The molecule has 0 aliphatic heterocycles. The molecule has 0 saturated heterocycles. The number of hydrogen-bond acceptors (Lipinski definition) is 1. The zero-order chi connectivity index (χ0) is 9.80. The van der Waals surface area contributed by atoms with Crippen LogP contribution in [-0.4, -0.2) is 6.29 Å². The molecule has 0 bridgehead atoms. The second-order valence-electron chi connectivity index (χ2n) is 3.02. The molecule has 2 aromatic rings. The Morgan fingerprint density at radius 1 is 1.07 bits per heavy atom. The number of carbonyl (C=O) groups is 1. The molecule has 1 nitrogen and oxygen atoms in total. The largest absolute Gasteiger partial charge is 0.298 e. The van der Waals surface area contributed by atoms with E-state index in [0.717, 1.165) is 17.4 Å². The monoisotopic (exact) mass is 181 g/mol. The summed E-state index contributed by atoms with van der Waals surface area (Å²) in [5.74, 6) is 0. The molecule has 0 N–H and O–H groups in total. The topological polar surface area (TPSA) is 17.1 Å². The third-order valence-electron chi connectivity index (χ3n) is 2.04. The summed E-state index contributed by atoms with van der Waals surface area (Å²) in [6.45, 7) is 0. The van der Waals surface area contributed by atoms with Gasteiger partial charge in [-0.2, -0.15) is 0 Å². The van der Waals surface area contributed by atoms with Gasteiger partial charge in [-0.1, -0.05) is 42.5 Å². The number of carbonyl (C=O) groups excluding carboxylic acids is 1. The van der Waals surface area contributed by atoms with Gasteiger partial charge in [-0.3, -0.25) is 4.79 Å². The van der Waals surface area contributed by atoms with E-state index in [1.54, 1.807) is 6.07 Å². The van der Waals surface area contributed by atoms with E-state index >= 15 is 0 Å². The van der Waals surface area contributed by atoms with Crippen LogP contribution in [0.15, 0.2) is 48.5 Å². The first-order chi connectivity index (χ1) is 6.90. The van der Waals surface area contributed by atoms with Crippen LogP contribution in [0.4, 0.5) is 0 Å². The SMILES string of the molecule is O=Cc1cccc(-c2[c]cccc2)c1. The first-order valence-corrected chi connectivity index (χ1v) is 4.42. The molecule has 0 aliphatic carbocycles. The van der Waals surface area contributed by atoms with Gasteiger partial charge in [0, 0.05) is 5.56 Å². The zero-order valence-electron chi connectivity index (χ0n) is 7.60. The molecule has 2 aromatic carbocycles. The predicted octanol–water partition coefficient (Wildman–Crippen LogP) is 2.97. The van der Waals surface area contributed by atoms with Crippen molar-refractivity contribution in [2.75, 3.05) is 0 Å². The molecule has 0 amide bonds. The molecular formula is C13H9O. The standard InChI is InChI=1S/C13H9O/c14-10-11-5-4-8-13(9-11)12-6-2-1-3-7-12/h1-6,8-10H. The van der Waals surface area contributed by atoms with Gasteiger partial charge in [-0.15, -0.1) is 0 Å². The fourth-order valence-corrected chi connectivity index (χ4v) is 1.35. The Balaban J connectivity index is 2.47. The maximum Gasteiger partial charge on any atom is 0.150 e. The summed E-state index contributed by atoms with van der Waals surface area (Å²) >= 11 is 0. The quantitative estimate of drug-likeness (QED) is 0.651. The average Bonchev–Trinajstić information content (AvgIpc) is 2.30. The number of aldehydes is 1. The van der Waals surface area contributed by atoms with E-state index in [2.05, 4.69) is 6.07 Å². The third kappa shape index (κ3) is 1.72. The summed E-state index contributed by atoms with van der Waals surface area (Å²) < 4.78 is 0. The molecular weight excluding hydrogens is 172 g/mol. The van der Waals surface area contributed by atoms with Crippen LogP contribution in [-0.2, 0) is 0 Å². The van der Waals surface area contributed by atoms with Crippen molar-refractivity contribution in [1.29, 1.82) is 0 Å². The molecule has 67 valence electrons. The molecule has 0 saturated carbocycles. The van der Waals surface area contributed by atoms with Crippen molar-refractivity contribution in [3.8, 4) is 11.1 Å². The maximum atomic E-state index is 10.6. The molecule has 0 atom stereocenters. The van der Waals surface area contributed by atoms with E-state index in [1.807, 2.05) is 42.5 Å². The maximum absolute atomic E-state index is 10.6. The fraction of sp³-hybridized carbons (Fsp3) is 0. The normalized spacial score (nSPS) is 9.71. The molecule has 14 heavy (non-hydrogen) atoms. The Morgan fingerprint density at radius 2 is 2.00 bits per heavy atom. The molecule has 1 radical (unpaired) electrons. The Labute approximate surface area is 83.0 Å². The second-order valence-corrected chi connectivity index (χ2v) is 3.02. The molecule has 2 rings (SSSR count). The minimum Gasteiger partial charge on any atom is -0.298 e. The third-order valence-corrected chi connectivity index (χ3v) is 2.04. The van der Waals surface area contributed by atoms with Crippen LogP contribution in [0.5, 0.6) is 0 Å². The van der Waals surface area contributed by atoms with Crippen molar-refractivity contribution >= 4 is 6.29 Å². The summed E-state index contributed by atoms with van der Waals surface area (Å²) in [5, 5.41) is 0. The van der Waals surface area contributed by atoms with Gasteiger partial charge in [-0.25, -0.2) is 0 Å². The molecule has 0 aliphatic rings. The fourth-order valence-electron chi connectivity index (χ4n) is 1.35. The Morgan fingerprint density at radius 3 is 2.71 bits per heavy atom. The van der Waals surface area contributed by atoms with Crippen molar-refractivity contribution in [1.82, 2.24) is 0 Å². The second kappa shape index (κ2) is 3.88. The highest BCUT2D eigenvalue weighted by Gasteiger charge is 1.97. The lowest BCUT2D eigenvalue weighted by Crippen LogP contribution is -1.81. The summed E-state index contributed by atoms with van der Waals surface area (Å²) in [5.41, 5.74) is 2.73. The highest BCUT2D eigenvalue weighted by atomic mass is 16.1. The van der Waals surface area contributed by atoms with Gasteiger partial charge in [0.1, 0.15) is 6.29 Å².